The maximum Gasteiger partial charge on any atom is 0.182 e. The highest BCUT2D eigenvalue weighted by atomic mass is 32.2. The molecule has 1 fully saturated rings. The zero-order chi connectivity index (χ0) is 15.7. The standard InChI is InChI=1S/C18H21NO2S/c1-2-13-8-10-14(11-9-13)17-16(12-19)18(17)22(20,21)15-6-4-3-5-7-15/h3-11,16-18H,2,12,19H2,1H3/t16-,17-,18-/m1/s1. The first kappa shape index (κ1) is 15.3. The Labute approximate surface area is 132 Å². The first-order chi connectivity index (χ1) is 10.6. The fourth-order valence-corrected chi connectivity index (χ4v) is 5.47. The third-order valence-corrected chi connectivity index (χ3v) is 6.86. The molecular weight excluding hydrogens is 294 g/mol. The summed E-state index contributed by atoms with van der Waals surface area (Å²) in [6.45, 7) is 2.51. The largest absolute Gasteiger partial charge is 0.330 e. The molecule has 1 aliphatic carbocycles. The topological polar surface area (TPSA) is 60.2 Å². The van der Waals surface area contributed by atoms with Gasteiger partial charge in [0.1, 0.15) is 0 Å². The van der Waals surface area contributed by atoms with Gasteiger partial charge in [-0.05, 0) is 42.1 Å². The molecule has 3 nitrogen and oxygen atoms in total. The minimum absolute atomic E-state index is 0.0117. The molecule has 1 saturated carbocycles. The summed E-state index contributed by atoms with van der Waals surface area (Å²) in [4.78, 5) is 0.395. The maximum absolute atomic E-state index is 12.8. The molecule has 0 unspecified atom stereocenters. The zero-order valence-electron chi connectivity index (χ0n) is 12.6. The SMILES string of the molecule is CCc1ccc([C@@H]2[C@@H](CN)[C@H]2S(=O)(=O)c2ccccc2)cc1. The van der Waals surface area contributed by atoms with Gasteiger partial charge in [0.05, 0.1) is 10.1 Å². The number of rotatable bonds is 5. The lowest BCUT2D eigenvalue weighted by Gasteiger charge is -2.05. The van der Waals surface area contributed by atoms with Gasteiger partial charge in [0.15, 0.2) is 9.84 Å². The second-order valence-electron chi connectivity index (χ2n) is 5.84. The average Bonchev–Trinajstić information content (AvgIpc) is 3.31. The van der Waals surface area contributed by atoms with Crippen molar-refractivity contribution >= 4 is 9.84 Å². The summed E-state index contributed by atoms with van der Waals surface area (Å²) in [6.07, 6.45) is 0.983. The monoisotopic (exact) mass is 315 g/mol. The third kappa shape index (κ3) is 2.57. The van der Waals surface area contributed by atoms with Crippen molar-refractivity contribution in [3.05, 3.63) is 65.7 Å². The van der Waals surface area contributed by atoms with Crippen molar-refractivity contribution in [3.63, 3.8) is 0 Å². The van der Waals surface area contributed by atoms with Gasteiger partial charge in [-0.15, -0.1) is 0 Å². The molecule has 0 heterocycles. The highest BCUT2D eigenvalue weighted by molar-refractivity contribution is 7.92. The van der Waals surface area contributed by atoms with Crippen LogP contribution in [0.5, 0.6) is 0 Å². The van der Waals surface area contributed by atoms with Crippen molar-refractivity contribution in [2.45, 2.75) is 29.4 Å². The number of nitrogens with two attached hydrogens (primary N) is 1. The van der Waals surface area contributed by atoms with Crippen LogP contribution in [-0.4, -0.2) is 20.2 Å². The lowest BCUT2D eigenvalue weighted by atomic mass is 10.1. The van der Waals surface area contributed by atoms with E-state index in [-0.39, 0.29) is 11.8 Å². The van der Waals surface area contributed by atoms with Gasteiger partial charge in [0, 0.05) is 5.92 Å². The Bertz CT molecular complexity index is 738. The second kappa shape index (κ2) is 5.86. The van der Waals surface area contributed by atoms with Crippen LogP contribution in [0.2, 0.25) is 0 Å². The van der Waals surface area contributed by atoms with Gasteiger partial charge in [0.2, 0.25) is 0 Å². The Kier molecular flexibility index (Phi) is 4.06. The van der Waals surface area contributed by atoms with Crippen molar-refractivity contribution in [2.75, 3.05) is 6.54 Å². The van der Waals surface area contributed by atoms with E-state index in [4.69, 9.17) is 5.73 Å². The molecule has 2 N–H and O–H groups in total. The molecule has 3 atom stereocenters. The van der Waals surface area contributed by atoms with Crippen LogP contribution in [0.1, 0.15) is 24.0 Å². The fraction of sp³-hybridized carbons (Fsp3) is 0.333. The summed E-state index contributed by atoms with van der Waals surface area (Å²) in [5, 5.41) is -0.396. The molecule has 4 heteroatoms. The van der Waals surface area contributed by atoms with Crippen LogP contribution in [0.15, 0.2) is 59.5 Å². The minimum Gasteiger partial charge on any atom is -0.330 e. The van der Waals surface area contributed by atoms with E-state index in [2.05, 4.69) is 19.1 Å². The number of sulfone groups is 1. The number of hydrogen-bond acceptors (Lipinski definition) is 3. The van der Waals surface area contributed by atoms with Crippen LogP contribution in [-0.2, 0) is 16.3 Å². The van der Waals surface area contributed by atoms with Crippen molar-refractivity contribution in [2.24, 2.45) is 11.7 Å². The van der Waals surface area contributed by atoms with Crippen LogP contribution in [0.4, 0.5) is 0 Å². The molecule has 0 bridgehead atoms. The van der Waals surface area contributed by atoms with E-state index < -0.39 is 15.1 Å². The fourth-order valence-electron chi connectivity index (χ4n) is 3.23. The van der Waals surface area contributed by atoms with Crippen molar-refractivity contribution in [3.8, 4) is 0 Å². The van der Waals surface area contributed by atoms with Crippen LogP contribution in [0, 0.1) is 5.92 Å². The lowest BCUT2D eigenvalue weighted by molar-refractivity contribution is 0.591. The summed E-state index contributed by atoms with van der Waals surface area (Å²) in [6, 6.07) is 16.9. The first-order valence-electron chi connectivity index (χ1n) is 7.67. The molecular formula is C18H21NO2S. The summed E-state index contributed by atoms with van der Waals surface area (Å²) in [5.74, 6) is 0.0267. The molecule has 0 amide bonds. The van der Waals surface area contributed by atoms with Gasteiger partial charge in [-0.1, -0.05) is 49.4 Å². The first-order valence-corrected chi connectivity index (χ1v) is 9.22. The summed E-state index contributed by atoms with van der Waals surface area (Å²) < 4.78 is 25.6. The molecule has 0 aliphatic heterocycles. The molecule has 116 valence electrons. The van der Waals surface area contributed by atoms with Gasteiger partial charge in [0.25, 0.3) is 0 Å². The molecule has 2 aromatic carbocycles. The molecule has 1 aliphatic rings. The van der Waals surface area contributed by atoms with E-state index in [9.17, 15) is 8.42 Å². The summed E-state index contributed by atoms with van der Waals surface area (Å²) in [7, 11) is -3.32. The van der Waals surface area contributed by atoms with Crippen LogP contribution in [0.25, 0.3) is 0 Å². The van der Waals surface area contributed by atoms with E-state index in [0.717, 1.165) is 12.0 Å². The summed E-state index contributed by atoms with van der Waals surface area (Å²) >= 11 is 0. The lowest BCUT2D eigenvalue weighted by Crippen LogP contribution is -2.13. The maximum atomic E-state index is 12.8. The van der Waals surface area contributed by atoms with E-state index in [1.54, 1.807) is 24.3 Å². The molecule has 2 aromatic rings. The number of hydrogen-bond donors (Lipinski definition) is 1. The Morgan fingerprint density at radius 2 is 1.64 bits per heavy atom. The summed E-state index contributed by atoms with van der Waals surface area (Å²) in [5.41, 5.74) is 8.16. The smallest absolute Gasteiger partial charge is 0.182 e. The van der Waals surface area contributed by atoms with Crippen molar-refractivity contribution < 1.29 is 8.42 Å². The predicted molar refractivity (Wildman–Crippen MR) is 88.5 cm³/mol. The van der Waals surface area contributed by atoms with Crippen LogP contribution in [0.3, 0.4) is 0 Å². The Morgan fingerprint density at radius 1 is 1.00 bits per heavy atom. The minimum atomic E-state index is -3.32. The highest BCUT2D eigenvalue weighted by Crippen LogP contribution is 2.53. The van der Waals surface area contributed by atoms with Crippen LogP contribution < -0.4 is 5.73 Å². The molecule has 22 heavy (non-hydrogen) atoms. The van der Waals surface area contributed by atoms with E-state index >= 15 is 0 Å². The third-order valence-electron chi connectivity index (χ3n) is 4.57. The van der Waals surface area contributed by atoms with Gasteiger partial charge >= 0.3 is 0 Å². The second-order valence-corrected chi connectivity index (χ2v) is 7.95. The molecule has 0 aromatic heterocycles. The van der Waals surface area contributed by atoms with Gasteiger partial charge in [-0.25, -0.2) is 8.42 Å². The quantitative estimate of drug-likeness (QED) is 0.923. The Balaban J connectivity index is 1.91. The highest BCUT2D eigenvalue weighted by Gasteiger charge is 2.57. The number of aryl methyl sites for hydroxylation is 1. The predicted octanol–water partition coefficient (Wildman–Crippen LogP) is 2.76. The normalized spacial score (nSPS) is 24.2. The molecule has 0 spiro atoms. The van der Waals surface area contributed by atoms with Gasteiger partial charge in [-0.3, -0.25) is 0 Å². The van der Waals surface area contributed by atoms with E-state index in [0.29, 0.717) is 11.4 Å². The molecule has 3 rings (SSSR count). The van der Waals surface area contributed by atoms with E-state index in [1.165, 1.54) is 5.56 Å². The molecule has 0 radical (unpaired) electrons. The Morgan fingerprint density at radius 3 is 2.18 bits per heavy atom. The van der Waals surface area contributed by atoms with Crippen LogP contribution >= 0.6 is 0 Å². The molecule has 0 saturated heterocycles. The number of benzene rings is 2. The Hall–Kier alpha value is -1.65. The van der Waals surface area contributed by atoms with E-state index in [1.807, 2.05) is 18.2 Å². The van der Waals surface area contributed by atoms with Crippen molar-refractivity contribution in [1.29, 1.82) is 0 Å². The van der Waals surface area contributed by atoms with Crippen molar-refractivity contribution in [1.82, 2.24) is 0 Å². The zero-order valence-corrected chi connectivity index (χ0v) is 13.5. The van der Waals surface area contributed by atoms with Gasteiger partial charge < -0.3 is 5.73 Å². The average molecular weight is 315 g/mol. The van der Waals surface area contributed by atoms with Gasteiger partial charge in [-0.2, -0.15) is 0 Å².